The maximum Gasteiger partial charge on any atom is 0.227 e. The van der Waals surface area contributed by atoms with Crippen molar-refractivity contribution >= 4 is 34.2 Å². The van der Waals surface area contributed by atoms with Crippen molar-refractivity contribution in [2.45, 2.75) is 32.2 Å². The molecule has 1 amide bonds. The number of amides is 1. The number of imidazole rings is 1. The number of hydrogen-bond acceptors (Lipinski definition) is 2. The minimum atomic E-state index is 0.0859. The number of fused-ring (bicyclic) bond motifs is 1. The van der Waals surface area contributed by atoms with E-state index in [1.54, 1.807) is 4.90 Å². The number of rotatable bonds is 4. The third-order valence-electron chi connectivity index (χ3n) is 4.76. The van der Waals surface area contributed by atoms with E-state index in [-0.39, 0.29) is 11.8 Å². The van der Waals surface area contributed by atoms with Crippen LogP contribution in [0.1, 0.15) is 31.5 Å². The molecule has 1 aliphatic rings. The van der Waals surface area contributed by atoms with Crippen molar-refractivity contribution in [2.75, 3.05) is 11.4 Å². The lowest BCUT2D eigenvalue weighted by Gasteiger charge is -2.18. The summed E-state index contributed by atoms with van der Waals surface area (Å²) >= 11 is 6.29. The number of para-hydroxylation sites is 3. The Bertz CT molecular complexity index is 934. The second kappa shape index (κ2) is 6.52. The number of benzene rings is 2. The molecule has 5 heteroatoms. The van der Waals surface area contributed by atoms with E-state index in [1.807, 2.05) is 42.5 Å². The minimum Gasteiger partial charge on any atom is -0.328 e. The van der Waals surface area contributed by atoms with E-state index >= 15 is 0 Å². The second-order valence-electron chi connectivity index (χ2n) is 6.47. The number of aromatic nitrogens is 2. The van der Waals surface area contributed by atoms with E-state index in [1.165, 1.54) is 0 Å². The Hall–Kier alpha value is -2.33. The SMILES string of the molecule is CCCn1c([C@@H]2CC(=O)N(c3ccccc3Cl)C2)nc2ccccc21. The van der Waals surface area contributed by atoms with E-state index in [4.69, 9.17) is 16.6 Å². The van der Waals surface area contributed by atoms with Crippen molar-refractivity contribution in [3.05, 3.63) is 59.4 Å². The summed E-state index contributed by atoms with van der Waals surface area (Å²) in [4.78, 5) is 19.3. The van der Waals surface area contributed by atoms with Gasteiger partial charge in [0.1, 0.15) is 5.82 Å². The Morgan fingerprint density at radius 1 is 1.16 bits per heavy atom. The summed E-state index contributed by atoms with van der Waals surface area (Å²) in [7, 11) is 0. The summed E-state index contributed by atoms with van der Waals surface area (Å²) in [5, 5.41) is 0.610. The Morgan fingerprint density at radius 2 is 1.92 bits per heavy atom. The fourth-order valence-electron chi connectivity index (χ4n) is 3.65. The lowest BCUT2D eigenvalue weighted by atomic mass is 10.1. The molecule has 1 fully saturated rings. The second-order valence-corrected chi connectivity index (χ2v) is 6.87. The van der Waals surface area contributed by atoms with E-state index in [9.17, 15) is 4.79 Å². The van der Waals surface area contributed by atoms with Crippen LogP contribution in [0.2, 0.25) is 5.02 Å². The van der Waals surface area contributed by atoms with Gasteiger partial charge in [0.2, 0.25) is 5.91 Å². The highest BCUT2D eigenvalue weighted by Crippen LogP contribution is 2.35. The molecule has 1 atom stereocenters. The normalized spacial score (nSPS) is 17.6. The van der Waals surface area contributed by atoms with Gasteiger partial charge in [-0.3, -0.25) is 4.79 Å². The Labute approximate surface area is 152 Å². The zero-order valence-electron chi connectivity index (χ0n) is 14.2. The van der Waals surface area contributed by atoms with Crippen molar-refractivity contribution in [1.29, 1.82) is 0 Å². The van der Waals surface area contributed by atoms with Crippen LogP contribution in [0.3, 0.4) is 0 Å². The fourth-order valence-corrected chi connectivity index (χ4v) is 3.89. The molecular formula is C20H20ClN3O. The van der Waals surface area contributed by atoms with Gasteiger partial charge in [-0.15, -0.1) is 0 Å². The molecule has 0 spiro atoms. The molecule has 1 saturated heterocycles. The first-order valence-electron chi connectivity index (χ1n) is 8.69. The van der Waals surface area contributed by atoms with Gasteiger partial charge in [0.05, 0.1) is 21.7 Å². The Kier molecular flexibility index (Phi) is 4.22. The number of halogens is 1. The van der Waals surface area contributed by atoms with Gasteiger partial charge >= 0.3 is 0 Å². The number of aryl methyl sites for hydroxylation is 1. The van der Waals surface area contributed by atoms with Crippen LogP contribution < -0.4 is 4.90 Å². The molecule has 2 aromatic carbocycles. The van der Waals surface area contributed by atoms with Crippen LogP contribution in [0.4, 0.5) is 5.69 Å². The van der Waals surface area contributed by atoms with Crippen LogP contribution in [-0.2, 0) is 11.3 Å². The zero-order valence-corrected chi connectivity index (χ0v) is 14.9. The smallest absolute Gasteiger partial charge is 0.227 e. The number of anilines is 1. The molecule has 1 aromatic heterocycles. The molecule has 4 rings (SSSR count). The summed E-state index contributed by atoms with van der Waals surface area (Å²) in [5.41, 5.74) is 2.92. The molecule has 2 heterocycles. The third-order valence-corrected chi connectivity index (χ3v) is 5.08. The van der Waals surface area contributed by atoms with Crippen molar-refractivity contribution in [1.82, 2.24) is 9.55 Å². The van der Waals surface area contributed by atoms with Crippen LogP contribution in [0.15, 0.2) is 48.5 Å². The maximum absolute atomic E-state index is 12.6. The van der Waals surface area contributed by atoms with Crippen molar-refractivity contribution < 1.29 is 4.79 Å². The van der Waals surface area contributed by atoms with Gasteiger partial charge in [0, 0.05) is 25.4 Å². The van der Waals surface area contributed by atoms with E-state index in [2.05, 4.69) is 17.6 Å². The van der Waals surface area contributed by atoms with E-state index < -0.39 is 0 Å². The number of nitrogens with zero attached hydrogens (tertiary/aromatic N) is 3. The summed E-state index contributed by atoms with van der Waals surface area (Å²) in [6.07, 6.45) is 1.50. The molecule has 25 heavy (non-hydrogen) atoms. The van der Waals surface area contributed by atoms with Crippen molar-refractivity contribution in [3.8, 4) is 0 Å². The summed E-state index contributed by atoms with van der Waals surface area (Å²) < 4.78 is 2.27. The molecule has 0 bridgehead atoms. The van der Waals surface area contributed by atoms with Gasteiger partial charge in [-0.25, -0.2) is 4.98 Å². The number of carbonyl (C=O) groups is 1. The van der Waals surface area contributed by atoms with Gasteiger partial charge < -0.3 is 9.47 Å². The first kappa shape index (κ1) is 16.2. The van der Waals surface area contributed by atoms with Gasteiger partial charge in [-0.05, 0) is 30.7 Å². The van der Waals surface area contributed by atoms with Gasteiger partial charge in [-0.2, -0.15) is 0 Å². The predicted molar refractivity (Wildman–Crippen MR) is 101 cm³/mol. The molecule has 1 aliphatic heterocycles. The highest BCUT2D eigenvalue weighted by Gasteiger charge is 2.35. The lowest BCUT2D eigenvalue weighted by Crippen LogP contribution is -2.24. The summed E-state index contributed by atoms with van der Waals surface area (Å²) in [5.74, 6) is 1.20. The van der Waals surface area contributed by atoms with Gasteiger partial charge in [0.15, 0.2) is 0 Å². The van der Waals surface area contributed by atoms with E-state index in [0.29, 0.717) is 18.0 Å². The van der Waals surface area contributed by atoms with Crippen LogP contribution in [0.25, 0.3) is 11.0 Å². The third kappa shape index (κ3) is 2.81. The van der Waals surface area contributed by atoms with Gasteiger partial charge in [0.25, 0.3) is 0 Å². The molecular weight excluding hydrogens is 334 g/mol. The molecule has 0 N–H and O–H groups in total. The van der Waals surface area contributed by atoms with Crippen molar-refractivity contribution in [2.24, 2.45) is 0 Å². The van der Waals surface area contributed by atoms with Crippen LogP contribution in [0, 0.1) is 0 Å². The average Bonchev–Trinajstić information content (AvgIpc) is 3.17. The average molecular weight is 354 g/mol. The molecule has 0 saturated carbocycles. The Balaban J connectivity index is 1.72. The highest BCUT2D eigenvalue weighted by atomic mass is 35.5. The Morgan fingerprint density at radius 3 is 2.72 bits per heavy atom. The number of carbonyl (C=O) groups excluding carboxylic acids is 1. The quantitative estimate of drug-likeness (QED) is 0.686. The van der Waals surface area contributed by atoms with Gasteiger partial charge in [-0.1, -0.05) is 42.8 Å². The van der Waals surface area contributed by atoms with Crippen LogP contribution in [-0.4, -0.2) is 22.0 Å². The molecule has 3 aromatic rings. The molecule has 0 aliphatic carbocycles. The monoisotopic (exact) mass is 353 g/mol. The topological polar surface area (TPSA) is 38.1 Å². The first-order valence-corrected chi connectivity index (χ1v) is 9.07. The van der Waals surface area contributed by atoms with E-state index in [0.717, 1.165) is 35.5 Å². The molecule has 4 nitrogen and oxygen atoms in total. The minimum absolute atomic E-state index is 0.0859. The predicted octanol–water partition coefficient (Wildman–Crippen LogP) is 4.62. The largest absolute Gasteiger partial charge is 0.328 e. The molecule has 0 unspecified atom stereocenters. The fraction of sp³-hybridized carbons (Fsp3) is 0.300. The molecule has 128 valence electrons. The molecule has 0 radical (unpaired) electrons. The summed E-state index contributed by atoms with van der Waals surface area (Å²) in [6.45, 7) is 3.69. The lowest BCUT2D eigenvalue weighted by molar-refractivity contribution is -0.117. The first-order chi connectivity index (χ1) is 12.2. The van der Waals surface area contributed by atoms with Crippen LogP contribution >= 0.6 is 11.6 Å². The summed E-state index contributed by atoms with van der Waals surface area (Å²) in [6, 6.07) is 15.7. The van der Waals surface area contributed by atoms with Crippen LogP contribution in [0.5, 0.6) is 0 Å². The van der Waals surface area contributed by atoms with Crippen molar-refractivity contribution in [3.63, 3.8) is 0 Å². The highest BCUT2D eigenvalue weighted by molar-refractivity contribution is 6.33. The zero-order chi connectivity index (χ0) is 17.4. The maximum atomic E-state index is 12.6. The standard InChI is InChI=1S/C20H20ClN3O/c1-2-11-23-18-10-6-4-8-16(18)22-20(23)14-12-19(25)24(13-14)17-9-5-3-7-15(17)21/h3-10,14H,2,11-13H2,1H3/t14-/m1/s1. The number of hydrogen-bond donors (Lipinski definition) is 0.